The quantitative estimate of drug-likeness (QED) is 0.675. The van der Waals surface area contributed by atoms with Gasteiger partial charge in [0.2, 0.25) is 10.0 Å². The van der Waals surface area contributed by atoms with Crippen LogP contribution in [-0.2, 0) is 21.3 Å². The van der Waals surface area contributed by atoms with Crippen molar-refractivity contribution in [1.29, 1.82) is 0 Å². The molecule has 0 aliphatic heterocycles. The van der Waals surface area contributed by atoms with Crippen LogP contribution < -0.4 is 10.0 Å². The van der Waals surface area contributed by atoms with Crippen LogP contribution in [0.5, 0.6) is 0 Å². The molecule has 7 heteroatoms. The average molecular weight is 304 g/mol. The summed E-state index contributed by atoms with van der Waals surface area (Å²) in [5.41, 5.74) is 1.03. The van der Waals surface area contributed by atoms with E-state index in [1.165, 1.54) is 24.2 Å². The smallest absolute Gasteiger partial charge is 0.250 e. The van der Waals surface area contributed by atoms with Crippen LogP contribution in [0.15, 0.2) is 15.7 Å². The molecule has 19 heavy (non-hydrogen) atoms. The predicted octanol–water partition coefficient (Wildman–Crippen LogP) is 1.31. The lowest BCUT2D eigenvalue weighted by Gasteiger charge is -2.04. The lowest BCUT2D eigenvalue weighted by Crippen LogP contribution is -2.26. The topological polar surface area (TPSA) is 67.4 Å². The van der Waals surface area contributed by atoms with Crippen LogP contribution in [0.3, 0.4) is 0 Å². The molecule has 1 aromatic heterocycles. The standard InChI is InChI=1S/C12H20N2O3S2/c1-2-17-6-5-14-19(15,16)12-7-10(9-18-12)8-13-11-3-4-11/h7,9,11,13-14H,2-6,8H2,1H3. The number of hydrogen-bond acceptors (Lipinski definition) is 5. The fraction of sp³-hybridized carbons (Fsp3) is 0.667. The Hall–Kier alpha value is -0.470. The second-order valence-electron chi connectivity index (χ2n) is 4.52. The Kier molecular flexibility index (Phi) is 5.35. The van der Waals surface area contributed by atoms with Crippen molar-refractivity contribution >= 4 is 21.4 Å². The molecule has 1 aliphatic carbocycles. The zero-order chi connectivity index (χ0) is 13.7. The highest BCUT2D eigenvalue weighted by Gasteiger charge is 2.21. The molecule has 0 saturated heterocycles. The number of sulfonamides is 1. The minimum atomic E-state index is -3.38. The van der Waals surface area contributed by atoms with Gasteiger partial charge >= 0.3 is 0 Å². The average Bonchev–Trinajstić information content (AvgIpc) is 3.08. The normalized spacial score (nSPS) is 15.8. The third-order valence-electron chi connectivity index (χ3n) is 2.81. The molecule has 0 spiro atoms. The van der Waals surface area contributed by atoms with Crippen LogP contribution in [-0.4, -0.2) is 34.2 Å². The Morgan fingerprint density at radius 1 is 1.47 bits per heavy atom. The van der Waals surface area contributed by atoms with Crippen LogP contribution in [0, 0.1) is 0 Å². The predicted molar refractivity (Wildman–Crippen MR) is 75.9 cm³/mol. The monoisotopic (exact) mass is 304 g/mol. The maximum absolute atomic E-state index is 12.0. The van der Waals surface area contributed by atoms with Crippen LogP contribution in [0.25, 0.3) is 0 Å². The van der Waals surface area contributed by atoms with Crippen LogP contribution in [0.1, 0.15) is 25.3 Å². The van der Waals surface area contributed by atoms with Gasteiger partial charge < -0.3 is 10.1 Å². The first-order valence-corrected chi connectivity index (χ1v) is 8.86. The molecule has 0 unspecified atom stereocenters. The van der Waals surface area contributed by atoms with E-state index in [4.69, 9.17) is 4.74 Å². The van der Waals surface area contributed by atoms with E-state index in [1.807, 2.05) is 12.3 Å². The van der Waals surface area contributed by atoms with Crippen molar-refractivity contribution in [3.63, 3.8) is 0 Å². The largest absolute Gasteiger partial charge is 0.380 e. The van der Waals surface area contributed by atoms with Gasteiger partial charge in [0.25, 0.3) is 0 Å². The van der Waals surface area contributed by atoms with Crippen LogP contribution in [0.2, 0.25) is 0 Å². The number of nitrogens with one attached hydrogen (secondary N) is 2. The van der Waals surface area contributed by atoms with Crippen molar-refractivity contribution in [2.75, 3.05) is 19.8 Å². The highest BCUT2D eigenvalue weighted by molar-refractivity contribution is 7.91. The molecule has 108 valence electrons. The van der Waals surface area contributed by atoms with Gasteiger partial charge in [-0.05, 0) is 36.8 Å². The Balaban J connectivity index is 1.84. The molecule has 0 atom stereocenters. The highest BCUT2D eigenvalue weighted by atomic mass is 32.2. The molecule has 1 saturated carbocycles. The van der Waals surface area contributed by atoms with Gasteiger partial charge in [0, 0.05) is 25.7 Å². The molecule has 0 radical (unpaired) electrons. The maximum Gasteiger partial charge on any atom is 0.250 e. The first-order chi connectivity index (χ1) is 9.12. The summed E-state index contributed by atoms with van der Waals surface area (Å²) in [5.74, 6) is 0. The number of rotatable bonds is 9. The van der Waals surface area contributed by atoms with Crippen molar-refractivity contribution in [3.05, 3.63) is 17.0 Å². The van der Waals surface area contributed by atoms with Gasteiger partial charge in [0.15, 0.2) is 0 Å². The summed E-state index contributed by atoms with van der Waals surface area (Å²) in [6.07, 6.45) is 2.46. The third kappa shape index (κ3) is 4.85. The second-order valence-corrected chi connectivity index (χ2v) is 7.43. The Morgan fingerprint density at radius 2 is 2.26 bits per heavy atom. The molecule has 1 fully saturated rings. The second kappa shape index (κ2) is 6.81. The summed E-state index contributed by atoms with van der Waals surface area (Å²) < 4.78 is 32.0. The molecule has 5 nitrogen and oxygen atoms in total. The highest BCUT2D eigenvalue weighted by Crippen LogP contribution is 2.22. The van der Waals surface area contributed by atoms with E-state index in [9.17, 15) is 8.42 Å². The number of ether oxygens (including phenoxy) is 1. The molecule has 1 aromatic rings. The zero-order valence-corrected chi connectivity index (χ0v) is 12.6. The molecular weight excluding hydrogens is 284 g/mol. The molecule has 0 bridgehead atoms. The van der Waals surface area contributed by atoms with Gasteiger partial charge in [-0.1, -0.05) is 0 Å². The SMILES string of the molecule is CCOCCNS(=O)(=O)c1cc(CNC2CC2)cs1. The summed E-state index contributed by atoms with van der Waals surface area (Å²) in [7, 11) is -3.38. The Bertz CT molecular complexity index is 495. The van der Waals surface area contributed by atoms with Crippen molar-refractivity contribution in [3.8, 4) is 0 Å². The zero-order valence-electron chi connectivity index (χ0n) is 11.0. The number of hydrogen-bond donors (Lipinski definition) is 2. The lowest BCUT2D eigenvalue weighted by molar-refractivity contribution is 0.153. The molecule has 0 amide bonds. The Morgan fingerprint density at radius 3 is 2.95 bits per heavy atom. The summed E-state index contributed by atoms with van der Waals surface area (Å²) in [6.45, 7) is 3.93. The van der Waals surface area contributed by atoms with Gasteiger partial charge in [0.1, 0.15) is 4.21 Å². The first-order valence-electron chi connectivity index (χ1n) is 6.50. The maximum atomic E-state index is 12.0. The molecule has 1 heterocycles. The summed E-state index contributed by atoms with van der Waals surface area (Å²) in [6, 6.07) is 2.37. The van der Waals surface area contributed by atoms with E-state index in [1.54, 1.807) is 6.07 Å². The fourth-order valence-corrected chi connectivity index (χ4v) is 3.87. The van der Waals surface area contributed by atoms with Gasteiger partial charge in [-0.15, -0.1) is 11.3 Å². The first kappa shape index (κ1) is 14.9. The minimum absolute atomic E-state index is 0.309. The van der Waals surface area contributed by atoms with Crippen LogP contribution >= 0.6 is 11.3 Å². The number of thiophene rings is 1. The van der Waals surface area contributed by atoms with Crippen molar-refractivity contribution in [2.45, 2.75) is 36.6 Å². The Labute approximate surface area is 118 Å². The van der Waals surface area contributed by atoms with E-state index in [0.29, 0.717) is 30.0 Å². The van der Waals surface area contributed by atoms with Crippen molar-refractivity contribution in [1.82, 2.24) is 10.0 Å². The molecule has 2 N–H and O–H groups in total. The molecule has 1 aliphatic rings. The van der Waals surface area contributed by atoms with Crippen molar-refractivity contribution in [2.24, 2.45) is 0 Å². The van der Waals surface area contributed by atoms with Gasteiger partial charge in [-0.3, -0.25) is 0 Å². The van der Waals surface area contributed by atoms with Gasteiger partial charge in [-0.25, -0.2) is 13.1 Å². The van der Waals surface area contributed by atoms with Crippen molar-refractivity contribution < 1.29 is 13.2 Å². The van der Waals surface area contributed by atoms with Gasteiger partial charge in [-0.2, -0.15) is 0 Å². The summed E-state index contributed by atoms with van der Waals surface area (Å²) in [4.78, 5) is 0. The summed E-state index contributed by atoms with van der Waals surface area (Å²) in [5, 5.41) is 5.26. The lowest BCUT2D eigenvalue weighted by atomic mass is 10.3. The molecule has 2 rings (SSSR count). The minimum Gasteiger partial charge on any atom is -0.380 e. The molecule has 0 aromatic carbocycles. The fourth-order valence-electron chi connectivity index (χ4n) is 1.60. The van der Waals surface area contributed by atoms with E-state index in [-0.39, 0.29) is 0 Å². The van der Waals surface area contributed by atoms with E-state index >= 15 is 0 Å². The van der Waals surface area contributed by atoms with E-state index in [0.717, 1.165) is 12.1 Å². The van der Waals surface area contributed by atoms with E-state index in [2.05, 4.69) is 10.0 Å². The third-order valence-corrected chi connectivity index (χ3v) is 5.76. The molecular formula is C12H20N2O3S2. The van der Waals surface area contributed by atoms with E-state index < -0.39 is 10.0 Å². The van der Waals surface area contributed by atoms with Crippen LogP contribution in [0.4, 0.5) is 0 Å². The summed E-state index contributed by atoms with van der Waals surface area (Å²) >= 11 is 1.26. The van der Waals surface area contributed by atoms with Gasteiger partial charge in [0.05, 0.1) is 6.61 Å².